The number of fused-ring (bicyclic) bond motifs is 1. The Hall–Kier alpha value is -4.43. The van der Waals surface area contributed by atoms with Crippen molar-refractivity contribution in [1.82, 2.24) is 0 Å². The van der Waals surface area contributed by atoms with Crippen LogP contribution in [-0.4, -0.2) is 23.4 Å². The molecule has 0 fully saturated rings. The summed E-state index contributed by atoms with van der Waals surface area (Å²) in [4.78, 5) is 26.9. The van der Waals surface area contributed by atoms with Gasteiger partial charge in [-0.05, 0) is 60.2 Å². The molecule has 2 amide bonds. The number of ether oxygens (including phenoxy) is 1. The van der Waals surface area contributed by atoms with Gasteiger partial charge in [-0.1, -0.05) is 62.4 Å². The highest BCUT2D eigenvalue weighted by atomic mass is 32.2. The molecule has 0 bridgehead atoms. The molecule has 0 aromatic heterocycles. The number of anilines is 3. The number of aromatic hydroxyl groups is 1. The van der Waals surface area contributed by atoms with E-state index in [0.717, 1.165) is 10.3 Å². The van der Waals surface area contributed by atoms with Crippen LogP contribution in [0.25, 0.3) is 10.8 Å². The number of carbonyl (C=O) groups is 2. The minimum atomic E-state index is -0.834. The largest absolute Gasteiger partial charge is 0.507 e. The van der Waals surface area contributed by atoms with E-state index in [9.17, 15) is 14.7 Å². The van der Waals surface area contributed by atoms with Crippen molar-refractivity contribution in [3.63, 3.8) is 0 Å². The van der Waals surface area contributed by atoms with E-state index in [4.69, 9.17) is 10.5 Å². The Bertz CT molecular complexity index is 1520. The minimum Gasteiger partial charge on any atom is -0.507 e. The van der Waals surface area contributed by atoms with Gasteiger partial charge in [0.25, 0.3) is 0 Å². The summed E-state index contributed by atoms with van der Waals surface area (Å²) in [5, 5.41) is 17.4. The highest BCUT2D eigenvalue weighted by molar-refractivity contribution is 7.98. The van der Waals surface area contributed by atoms with E-state index in [0.29, 0.717) is 28.0 Å². The number of rotatable bonds is 8. The van der Waals surface area contributed by atoms with Crippen LogP contribution in [-0.2, 0) is 9.53 Å². The molecule has 4 aromatic rings. The quantitative estimate of drug-likeness (QED) is 0.105. The molecule has 0 heterocycles. The van der Waals surface area contributed by atoms with Gasteiger partial charge in [-0.3, -0.25) is 10.1 Å². The Balaban J connectivity index is 1.65. The van der Waals surface area contributed by atoms with E-state index in [1.807, 2.05) is 62.6 Å². The normalized spacial score (nSPS) is 12.3. The summed E-state index contributed by atoms with van der Waals surface area (Å²) in [6, 6.07) is 25.1. The summed E-state index contributed by atoms with van der Waals surface area (Å²) in [6.07, 6.45) is 3.64. The molecule has 4 rings (SSSR count). The van der Waals surface area contributed by atoms with Crippen LogP contribution in [0.4, 0.5) is 21.9 Å². The summed E-state index contributed by atoms with van der Waals surface area (Å²) < 4.78 is 6.04. The maximum absolute atomic E-state index is 13.1. The molecule has 0 radical (unpaired) electrons. The molecule has 7 nitrogen and oxygen atoms in total. The molecule has 200 valence electrons. The summed E-state index contributed by atoms with van der Waals surface area (Å²) in [5.74, 6) is -0.242. The van der Waals surface area contributed by atoms with Gasteiger partial charge in [0.15, 0.2) is 0 Å². The number of nitrogens with two attached hydrogens (primary N) is 1. The first-order valence-corrected chi connectivity index (χ1v) is 13.6. The minimum absolute atomic E-state index is 0.125. The fraction of sp³-hybridized carbons (Fsp3) is 0.161. The van der Waals surface area contributed by atoms with Crippen LogP contribution < -0.4 is 16.4 Å². The lowest BCUT2D eigenvalue weighted by atomic mass is 9.80. The molecular formula is C31H31N3O4S. The number of phenols is 1. The Labute approximate surface area is 232 Å². The van der Waals surface area contributed by atoms with Gasteiger partial charge < -0.3 is 20.9 Å². The number of benzene rings is 4. The zero-order chi connectivity index (χ0) is 28.0. The Morgan fingerprint density at radius 3 is 2.28 bits per heavy atom. The molecule has 0 aliphatic heterocycles. The number of hydrogen-bond acceptors (Lipinski definition) is 6. The molecule has 8 heteroatoms. The molecular weight excluding hydrogens is 510 g/mol. The summed E-state index contributed by atoms with van der Waals surface area (Å²) in [6.45, 7) is 3.75. The number of phenolic OH excluding ortho intramolecular Hbond substituents is 1. The molecule has 0 saturated carbocycles. The van der Waals surface area contributed by atoms with Gasteiger partial charge in [-0.2, -0.15) is 0 Å². The first kappa shape index (κ1) is 27.6. The van der Waals surface area contributed by atoms with Gasteiger partial charge >= 0.3 is 6.09 Å². The van der Waals surface area contributed by atoms with E-state index in [2.05, 4.69) is 10.6 Å². The zero-order valence-electron chi connectivity index (χ0n) is 22.0. The lowest BCUT2D eigenvalue weighted by molar-refractivity contribution is -0.112. The van der Waals surface area contributed by atoms with Crippen molar-refractivity contribution < 1.29 is 19.4 Å². The topological polar surface area (TPSA) is 114 Å². The number of para-hydroxylation sites is 2. The fourth-order valence-corrected chi connectivity index (χ4v) is 4.65. The lowest BCUT2D eigenvalue weighted by Crippen LogP contribution is -2.28. The third-order valence-corrected chi connectivity index (χ3v) is 7.08. The van der Waals surface area contributed by atoms with Crippen LogP contribution in [0.2, 0.25) is 0 Å². The van der Waals surface area contributed by atoms with Crippen molar-refractivity contribution in [3.8, 4) is 5.75 Å². The van der Waals surface area contributed by atoms with Crippen LogP contribution >= 0.6 is 11.8 Å². The van der Waals surface area contributed by atoms with Crippen molar-refractivity contribution in [1.29, 1.82) is 0 Å². The standard InChI is InChI=1S/C31H31N3O4S/c1-31(2,19-18-28(36)34-26-11-7-6-10-25(26)32)29(24-16-17-27(35)23-9-5-4-8-22(23)24)38-30(37)33-20-12-14-21(39-3)15-13-20/h4-19,29,35H,32H2,1-3H3,(H,33,37)(H,34,36)/b19-18+/t29-/m0/s1. The lowest BCUT2D eigenvalue weighted by Gasteiger charge is -2.32. The molecule has 5 N–H and O–H groups in total. The average molecular weight is 542 g/mol. The maximum Gasteiger partial charge on any atom is 0.412 e. The third kappa shape index (κ3) is 6.72. The van der Waals surface area contributed by atoms with Crippen molar-refractivity contribution in [2.45, 2.75) is 24.8 Å². The predicted molar refractivity (Wildman–Crippen MR) is 159 cm³/mol. The first-order valence-electron chi connectivity index (χ1n) is 12.3. The van der Waals surface area contributed by atoms with E-state index in [1.165, 1.54) is 6.08 Å². The number of thioether (sulfide) groups is 1. The van der Waals surface area contributed by atoms with Crippen LogP contribution in [0.5, 0.6) is 5.75 Å². The van der Waals surface area contributed by atoms with E-state index in [1.54, 1.807) is 60.3 Å². The van der Waals surface area contributed by atoms with Crippen LogP contribution in [0.15, 0.2) is 102 Å². The maximum atomic E-state index is 13.1. The molecule has 0 unspecified atom stereocenters. The van der Waals surface area contributed by atoms with E-state index in [-0.39, 0.29) is 11.7 Å². The Morgan fingerprint density at radius 2 is 1.59 bits per heavy atom. The van der Waals surface area contributed by atoms with Gasteiger partial charge in [0.05, 0.1) is 11.4 Å². The van der Waals surface area contributed by atoms with Crippen molar-refractivity contribution in [2.24, 2.45) is 5.41 Å². The van der Waals surface area contributed by atoms with Crippen molar-refractivity contribution in [3.05, 3.63) is 103 Å². The number of nitrogen functional groups attached to an aromatic ring is 1. The third-order valence-electron chi connectivity index (χ3n) is 6.34. The van der Waals surface area contributed by atoms with E-state index < -0.39 is 17.6 Å². The monoisotopic (exact) mass is 541 g/mol. The predicted octanol–water partition coefficient (Wildman–Crippen LogP) is 7.36. The van der Waals surface area contributed by atoms with E-state index >= 15 is 0 Å². The molecule has 0 aliphatic rings. The van der Waals surface area contributed by atoms with Crippen LogP contribution in [0.1, 0.15) is 25.5 Å². The number of nitrogens with one attached hydrogen (secondary N) is 2. The van der Waals surface area contributed by atoms with Crippen LogP contribution in [0.3, 0.4) is 0 Å². The second kappa shape index (κ2) is 12.0. The molecule has 0 saturated heterocycles. The average Bonchev–Trinajstić information content (AvgIpc) is 2.93. The second-order valence-corrected chi connectivity index (χ2v) is 10.5. The SMILES string of the molecule is CSc1ccc(NC(=O)O[C@@H](c2ccc(O)c3ccccc23)C(C)(C)/C=C/C(=O)Nc2ccccc2N)cc1. The van der Waals surface area contributed by atoms with Gasteiger partial charge in [0, 0.05) is 26.9 Å². The highest BCUT2D eigenvalue weighted by Gasteiger charge is 2.34. The second-order valence-electron chi connectivity index (χ2n) is 9.59. The summed E-state index contributed by atoms with van der Waals surface area (Å²) >= 11 is 1.61. The number of amides is 2. The molecule has 0 spiro atoms. The smallest absolute Gasteiger partial charge is 0.412 e. The van der Waals surface area contributed by atoms with Gasteiger partial charge in [0.1, 0.15) is 11.9 Å². The van der Waals surface area contributed by atoms with Gasteiger partial charge in [-0.25, -0.2) is 4.79 Å². The molecule has 4 aromatic carbocycles. The van der Waals surface area contributed by atoms with Gasteiger partial charge in [0.2, 0.25) is 5.91 Å². The Morgan fingerprint density at radius 1 is 0.923 bits per heavy atom. The summed E-state index contributed by atoms with van der Waals surface area (Å²) in [5.41, 5.74) is 7.37. The fourth-order valence-electron chi connectivity index (χ4n) is 4.24. The number of carbonyl (C=O) groups excluding carboxylic acids is 2. The summed E-state index contributed by atoms with van der Waals surface area (Å²) in [7, 11) is 0. The zero-order valence-corrected chi connectivity index (χ0v) is 22.8. The Kier molecular flexibility index (Phi) is 8.46. The van der Waals surface area contributed by atoms with Crippen molar-refractivity contribution >= 4 is 51.6 Å². The number of hydrogen-bond donors (Lipinski definition) is 4. The van der Waals surface area contributed by atoms with Crippen molar-refractivity contribution in [2.75, 3.05) is 22.6 Å². The molecule has 0 aliphatic carbocycles. The first-order chi connectivity index (χ1) is 18.7. The highest BCUT2D eigenvalue weighted by Crippen LogP contribution is 2.42. The van der Waals surface area contributed by atoms with Crippen LogP contribution in [0, 0.1) is 5.41 Å². The molecule has 39 heavy (non-hydrogen) atoms. The molecule has 1 atom stereocenters. The van der Waals surface area contributed by atoms with Gasteiger partial charge in [-0.15, -0.1) is 11.8 Å².